The van der Waals surface area contributed by atoms with Crippen molar-refractivity contribution in [1.82, 2.24) is 0 Å². The third-order valence-corrected chi connectivity index (χ3v) is 2.22. The van der Waals surface area contributed by atoms with Crippen LogP contribution in [0.3, 0.4) is 0 Å². The number of nitrogen functional groups attached to an aromatic ring is 1. The zero-order chi connectivity index (χ0) is 12.0. The number of nitrogens with two attached hydrogens (primary N) is 1. The lowest BCUT2D eigenvalue weighted by molar-refractivity contribution is 0.0501. The van der Waals surface area contributed by atoms with Gasteiger partial charge in [-0.05, 0) is 18.6 Å². The number of hydrogen-bond acceptors (Lipinski definition) is 4. The Labute approximate surface area is 94.4 Å². The van der Waals surface area contributed by atoms with Gasteiger partial charge in [-0.3, -0.25) is 4.79 Å². The van der Waals surface area contributed by atoms with Gasteiger partial charge < -0.3 is 10.5 Å². The van der Waals surface area contributed by atoms with Crippen LogP contribution >= 0.6 is 0 Å². The predicted molar refractivity (Wildman–Crippen MR) is 61.4 cm³/mol. The van der Waals surface area contributed by atoms with E-state index in [1.54, 1.807) is 18.2 Å². The second-order valence-electron chi connectivity index (χ2n) is 3.42. The molecule has 0 fully saturated rings. The number of hydrogen-bond donors (Lipinski definition) is 1. The van der Waals surface area contributed by atoms with E-state index in [1.807, 2.05) is 6.92 Å². The highest BCUT2D eigenvalue weighted by molar-refractivity contribution is 5.99. The van der Waals surface area contributed by atoms with E-state index in [4.69, 9.17) is 10.5 Å². The van der Waals surface area contributed by atoms with Crippen molar-refractivity contribution in [2.24, 2.45) is 0 Å². The molecule has 0 unspecified atom stereocenters. The van der Waals surface area contributed by atoms with E-state index in [9.17, 15) is 9.59 Å². The molecule has 0 amide bonds. The maximum Gasteiger partial charge on any atom is 0.340 e. The molecule has 1 aromatic carbocycles. The zero-order valence-corrected chi connectivity index (χ0v) is 9.23. The third-order valence-electron chi connectivity index (χ3n) is 2.22. The van der Waals surface area contributed by atoms with Crippen LogP contribution in [0.1, 0.15) is 40.5 Å². The third kappa shape index (κ3) is 2.82. The lowest BCUT2D eigenvalue weighted by Crippen LogP contribution is -2.10. The van der Waals surface area contributed by atoms with Crippen LogP contribution in [0, 0.1) is 0 Å². The molecule has 86 valence electrons. The van der Waals surface area contributed by atoms with Gasteiger partial charge in [-0.25, -0.2) is 4.79 Å². The first kappa shape index (κ1) is 12.2. The highest BCUT2D eigenvalue weighted by Crippen LogP contribution is 2.16. The van der Waals surface area contributed by atoms with E-state index in [1.165, 1.54) is 0 Å². The van der Waals surface area contributed by atoms with Gasteiger partial charge in [0.1, 0.15) is 0 Å². The van der Waals surface area contributed by atoms with Crippen molar-refractivity contribution in [3.8, 4) is 0 Å². The quantitative estimate of drug-likeness (QED) is 0.357. The molecule has 1 rings (SSSR count). The Morgan fingerprint density at radius 1 is 1.50 bits per heavy atom. The molecule has 4 nitrogen and oxygen atoms in total. The predicted octanol–water partition coefficient (Wildman–Crippen LogP) is 2.04. The molecule has 0 atom stereocenters. The maximum atomic E-state index is 11.6. The minimum Gasteiger partial charge on any atom is -0.462 e. The molecule has 0 aliphatic heterocycles. The van der Waals surface area contributed by atoms with Gasteiger partial charge in [0.2, 0.25) is 0 Å². The molecule has 16 heavy (non-hydrogen) atoms. The Bertz CT molecular complexity index is 388. The van der Waals surface area contributed by atoms with Crippen molar-refractivity contribution < 1.29 is 14.3 Å². The number of benzene rings is 1. The minimum absolute atomic E-state index is 0.180. The maximum absolute atomic E-state index is 11.6. The molecular weight excluding hydrogens is 206 g/mol. The molecule has 0 spiro atoms. The van der Waals surface area contributed by atoms with Crippen molar-refractivity contribution in [2.45, 2.75) is 19.8 Å². The Hall–Kier alpha value is -1.84. The molecule has 0 radical (unpaired) electrons. The minimum atomic E-state index is -0.477. The van der Waals surface area contributed by atoms with E-state index in [0.29, 0.717) is 18.5 Å². The van der Waals surface area contributed by atoms with Crippen molar-refractivity contribution in [2.75, 3.05) is 12.3 Å². The van der Waals surface area contributed by atoms with Crippen LogP contribution in [-0.4, -0.2) is 18.9 Å². The van der Waals surface area contributed by atoms with Gasteiger partial charge in [0.25, 0.3) is 0 Å². The first-order valence-corrected chi connectivity index (χ1v) is 5.21. The first-order valence-electron chi connectivity index (χ1n) is 5.21. The van der Waals surface area contributed by atoms with Crippen molar-refractivity contribution in [3.63, 3.8) is 0 Å². The summed E-state index contributed by atoms with van der Waals surface area (Å²) in [5, 5.41) is 0. The molecule has 0 aliphatic carbocycles. The van der Waals surface area contributed by atoms with Crippen LogP contribution in [0.4, 0.5) is 5.69 Å². The van der Waals surface area contributed by atoms with Crippen LogP contribution in [0.5, 0.6) is 0 Å². The van der Waals surface area contributed by atoms with E-state index in [-0.39, 0.29) is 11.3 Å². The van der Waals surface area contributed by atoms with Gasteiger partial charge in [0.15, 0.2) is 6.29 Å². The monoisotopic (exact) mass is 221 g/mol. The van der Waals surface area contributed by atoms with Gasteiger partial charge in [-0.1, -0.05) is 19.4 Å². The summed E-state index contributed by atoms with van der Waals surface area (Å²) in [6, 6.07) is 4.72. The number of ether oxygens (including phenoxy) is 1. The van der Waals surface area contributed by atoms with Crippen molar-refractivity contribution >= 4 is 17.9 Å². The molecule has 0 bridgehead atoms. The number of esters is 1. The lowest BCUT2D eigenvalue weighted by atomic mass is 10.1. The molecule has 0 heterocycles. The van der Waals surface area contributed by atoms with Gasteiger partial charge in [0, 0.05) is 5.56 Å². The molecule has 0 aromatic heterocycles. The number of aldehydes is 1. The number of carbonyl (C=O) groups excluding carboxylic acids is 2. The van der Waals surface area contributed by atoms with Crippen LogP contribution in [0.2, 0.25) is 0 Å². The van der Waals surface area contributed by atoms with Crippen LogP contribution in [0.25, 0.3) is 0 Å². The summed E-state index contributed by atoms with van der Waals surface area (Å²) in [6.07, 6.45) is 2.40. The number of para-hydroxylation sites is 1. The van der Waals surface area contributed by atoms with Gasteiger partial charge in [0.05, 0.1) is 17.9 Å². The Morgan fingerprint density at radius 2 is 2.25 bits per heavy atom. The Morgan fingerprint density at radius 3 is 2.88 bits per heavy atom. The summed E-state index contributed by atoms with van der Waals surface area (Å²) in [4.78, 5) is 22.2. The standard InChI is InChI=1S/C12H15NO3/c1-2-3-7-16-12(15)10-6-4-5-9(8-14)11(10)13/h4-6,8H,2-3,7,13H2,1H3. The largest absolute Gasteiger partial charge is 0.462 e. The zero-order valence-electron chi connectivity index (χ0n) is 9.23. The van der Waals surface area contributed by atoms with Crippen molar-refractivity contribution in [3.05, 3.63) is 29.3 Å². The van der Waals surface area contributed by atoms with E-state index in [2.05, 4.69) is 0 Å². The molecule has 0 saturated carbocycles. The fraction of sp³-hybridized carbons (Fsp3) is 0.333. The number of rotatable bonds is 5. The fourth-order valence-corrected chi connectivity index (χ4v) is 1.25. The number of carbonyl (C=O) groups is 2. The van der Waals surface area contributed by atoms with E-state index >= 15 is 0 Å². The summed E-state index contributed by atoms with van der Waals surface area (Å²) < 4.78 is 5.01. The first-order chi connectivity index (χ1) is 7.70. The highest BCUT2D eigenvalue weighted by Gasteiger charge is 2.12. The van der Waals surface area contributed by atoms with Crippen molar-refractivity contribution in [1.29, 1.82) is 0 Å². The average molecular weight is 221 g/mol. The van der Waals surface area contributed by atoms with Crippen LogP contribution in [0.15, 0.2) is 18.2 Å². The molecular formula is C12H15NO3. The van der Waals surface area contributed by atoms with Gasteiger partial charge in [-0.2, -0.15) is 0 Å². The Kier molecular flexibility index (Phi) is 4.51. The molecule has 2 N–H and O–H groups in total. The van der Waals surface area contributed by atoms with E-state index < -0.39 is 5.97 Å². The van der Waals surface area contributed by atoms with Gasteiger partial charge >= 0.3 is 5.97 Å². The van der Waals surface area contributed by atoms with E-state index in [0.717, 1.165) is 12.8 Å². The number of unbranched alkanes of at least 4 members (excludes halogenated alkanes) is 1. The lowest BCUT2D eigenvalue weighted by Gasteiger charge is -2.07. The molecule has 1 aromatic rings. The molecule has 4 heteroatoms. The summed E-state index contributed by atoms with van der Waals surface area (Å²) in [6.45, 7) is 2.38. The Balaban J connectivity index is 2.79. The smallest absolute Gasteiger partial charge is 0.340 e. The summed E-state index contributed by atoms with van der Waals surface area (Å²) >= 11 is 0. The molecule has 0 saturated heterocycles. The normalized spacial score (nSPS) is 9.81. The summed E-state index contributed by atoms with van der Waals surface area (Å²) in [5.41, 5.74) is 6.41. The second-order valence-corrected chi connectivity index (χ2v) is 3.42. The second kappa shape index (κ2) is 5.90. The summed E-state index contributed by atoms with van der Waals surface area (Å²) in [7, 11) is 0. The SMILES string of the molecule is CCCCOC(=O)c1cccc(C=O)c1N. The molecule has 0 aliphatic rings. The fourth-order valence-electron chi connectivity index (χ4n) is 1.25. The number of anilines is 1. The highest BCUT2D eigenvalue weighted by atomic mass is 16.5. The van der Waals surface area contributed by atoms with Crippen LogP contribution in [-0.2, 0) is 4.74 Å². The van der Waals surface area contributed by atoms with Crippen LogP contribution < -0.4 is 5.73 Å². The van der Waals surface area contributed by atoms with Gasteiger partial charge in [-0.15, -0.1) is 0 Å². The average Bonchev–Trinajstić information content (AvgIpc) is 2.29. The topological polar surface area (TPSA) is 69.4 Å². The summed E-state index contributed by atoms with van der Waals surface area (Å²) in [5.74, 6) is -0.477.